The van der Waals surface area contributed by atoms with Crippen LogP contribution in [-0.4, -0.2) is 51.1 Å². The first-order valence-electron chi connectivity index (χ1n) is 7.88. The Bertz CT molecular complexity index is 694. The number of anilines is 1. The highest BCUT2D eigenvalue weighted by Gasteiger charge is 2.18. The van der Waals surface area contributed by atoms with E-state index in [1.54, 1.807) is 11.0 Å². The minimum absolute atomic E-state index is 0.187. The Kier molecular flexibility index (Phi) is 6.19. The molecule has 0 unspecified atom stereocenters. The van der Waals surface area contributed by atoms with Crippen molar-refractivity contribution in [3.05, 3.63) is 29.8 Å². The first-order valence-corrected chi connectivity index (χ1v) is 9.77. The third-order valence-corrected chi connectivity index (χ3v) is 4.29. The summed E-state index contributed by atoms with van der Waals surface area (Å²) in [7, 11) is -3.43. The number of sulfonamides is 1. The van der Waals surface area contributed by atoms with Gasteiger partial charge in [-0.15, -0.1) is 0 Å². The highest BCUT2D eigenvalue weighted by Crippen LogP contribution is 2.14. The number of ether oxygens (including phenoxy) is 1. The van der Waals surface area contributed by atoms with E-state index in [0.29, 0.717) is 13.1 Å². The molecule has 1 N–H and O–H groups in total. The van der Waals surface area contributed by atoms with Gasteiger partial charge in [0.15, 0.2) is 6.61 Å². The molecule has 132 valence electrons. The van der Waals surface area contributed by atoms with Crippen molar-refractivity contribution in [2.75, 3.05) is 30.7 Å². The van der Waals surface area contributed by atoms with Crippen LogP contribution >= 0.6 is 0 Å². The monoisotopic (exact) mass is 354 g/mol. The van der Waals surface area contributed by atoms with Gasteiger partial charge in [-0.05, 0) is 31.0 Å². The molecule has 8 heteroatoms. The summed E-state index contributed by atoms with van der Waals surface area (Å²) in [6, 6.07) is 5.95. The van der Waals surface area contributed by atoms with Crippen molar-refractivity contribution < 1.29 is 22.7 Å². The van der Waals surface area contributed by atoms with Crippen LogP contribution in [0.4, 0.5) is 5.69 Å². The van der Waals surface area contributed by atoms with E-state index in [2.05, 4.69) is 4.72 Å². The van der Waals surface area contributed by atoms with Crippen LogP contribution in [0.3, 0.4) is 0 Å². The Morgan fingerprint density at radius 2 is 1.83 bits per heavy atom. The zero-order valence-electron chi connectivity index (χ0n) is 13.7. The summed E-state index contributed by atoms with van der Waals surface area (Å²) >= 11 is 0. The maximum atomic E-state index is 12.1. The fraction of sp³-hybridized carbons (Fsp3) is 0.500. The number of nitrogens with one attached hydrogen (secondary N) is 1. The number of rotatable bonds is 5. The van der Waals surface area contributed by atoms with E-state index < -0.39 is 16.0 Å². The summed E-state index contributed by atoms with van der Waals surface area (Å²) in [6.45, 7) is 1.09. The van der Waals surface area contributed by atoms with Gasteiger partial charge in [0.25, 0.3) is 5.91 Å². The molecule has 1 heterocycles. The summed E-state index contributed by atoms with van der Waals surface area (Å²) < 4.78 is 29.8. The molecule has 0 radical (unpaired) electrons. The highest BCUT2D eigenvalue weighted by atomic mass is 32.2. The first kappa shape index (κ1) is 18.3. The molecule has 7 nitrogen and oxygen atoms in total. The Hall–Kier alpha value is -2.09. The predicted octanol–water partition coefficient (Wildman–Crippen LogP) is 1.62. The molecule has 0 atom stereocenters. The molecule has 0 saturated carbocycles. The van der Waals surface area contributed by atoms with Gasteiger partial charge in [0.05, 0.1) is 11.8 Å². The Balaban J connectivity index is 1.92. The van der Waals surface area contributed by atoms with Crippen molar-refractivity contribution in [3.63, 3.8) is 0 Å². The normalized spacial score (nSPS) is 15.5. The van der Waals surface area contributed by atoms with Gasteiger partial charge < -0.3 is 9.64 Å². The molecule has 1 aliphatic heterocycles. The number of nitrogens with zero attached hydrogens (tertiary/aromatic N) is 1. The average molecular weight is 354 g/mol. The smallest absolute Gasteiger partial charge is 0.338 e. The molecule has 1 amide bonds. The Labute approximate surface area is 142 Å². The van der Waals surface area contributed by atoms with E-state index in [1.165, 1.54) is 18.2 Å². The van der Waals surface area contributed by atoms with E-state index in [1.807, 2.05) is 0 Å². The van der Waals surface area contributed by atoms with Gasteiger partial charge in [-0.1, -0.05) is 18.9 Å². The molecule has 0 spiro atoms. The lowest BCUT2D eigenvalue weighted by molar-refractivity contribution is -0.134. The third kappa shape index (κ3) is 5.84. The summed E-state index contributed by atoms with van der Waals surface area (Å²) in [6.07, 6.45) is 5.20. The van der Waals surface area contributed by atoms with E-state index in [-0.39, 0.29) is 23.8 Å². The summed E-state index contributed by atoms with van der Waals surface area (Å²) in [5, 5.41) is 0. The number of carbonyl (C=O) groups excluding carboxylic acids is 2. The van der Waals surface area contributed by atoms with Crippen LogP contribution in [0.25, 0.3) is 0 Å². The lowest BCUT2D eigenvalue weighted by atomic mass is 10.2. The van der Waals surface area contributed by atoms with Gasteiger partial charge in [-0.25, -0.2) is 13.2 Å². The lowest BCUT2D eigenvalue weighted by Gasteiger charge is -2.19. The topological polar surface area (TPSA) is 92.8 Å². The minimum atomic E-state index is -3.43. The number of esters is 1. The van der Waals surface area contributed by atoms with Crippen LogP contribution in [0.5, 0.6) is 0 Å². The van der Waals surface area contributed by atoms with Crippen molar-refractivity contribution >= 4 is 27.6 Å². The second-order valence-electron chi connectivity index (χ2n) is 5.83. The molecular weight excluding hydrogens is 332 g/mol. The molecule has 1 aromatic carbocycles. The Morgan fingerprint density at radius 3 is 2.46 bits per heavy atom. The molecule has 0 aliphatic carbocycles. The summed E-state index contributed by atoms with van der Waals surface area (Å²) in [5.41, 5.74) is 0.457. The van der Waals surface area contributed by atoms with Gasteiger partial charge in [0.2, 0.25) is 10.0 Å². The second kappa shape index (κ2) is 8.14. The van der Waals surface area contributed by atoms with E-state index in [4.69, 9.17) is 4.74 Å². The molecule has 1 aliphatic rings. The zero-order chi connectivity index (χ0) is 17.6. The van der Waals surface area contributed by atoms with Crippen molar-refractivity contribution in [2.45, 2.75) is 25.7 Å². The van der Waals surface area contributed by atoms with E-state index >= 15 is 0 Å². The first-order chi connectivity index (χ1) is 11.3. The van der Waals surface area contributed by atoms with Crippen LogP contribution in [0.1, 0.15) is 36.0 Å². The number of hydrogen-bond acceptors (Lipinski definition) is 5. The maximum Gasteiger partial charge on any atom is 0.338 e. The fourth-order valence-electron chi connectivity index (χ4n) is 2.55. The number of hydrogen-bond donors (Lipinski definition) is 1. The van der Waals surface area contributed by atoms with Crippen LogP contribution in [-0.2, 0) is 19.6 Å². The molecule has 2 rings (SSSR count). The fourth-order valence-corrected chi connectivity index (χ4v) is 3.10. The lowest BCUT2D eigenvalue weighted by Crippen LogP contribution is -2.35. The van der Waals surface area contributed by atoms with Crippen molar-refractivity contribution in [3.8, 4) is 0 Å². The van der Waals surface area contributed by atoms with Gasteiger partial charge in [-0.2, -0.15) is 0 Å². The van der Waals surface area contributed by atoms with Gasteiger partial charge in [0.1, 0.15) is 0 Å². The van der Waals surface area contributed by atoms with Crippen LogP contribution in [0, 0.1) is 0 Å². The molecule has 1 fully saturated rings. The largest absolute Gasteiger partial charge is 0.452 e. The maximum absolute atomic E-state index is 12.1. The highest BCUT2D eigenvalue weighted by molar-refractivity contribution is 7.92. The summed E-state index contributed by atoms with van der Waals surface area (Å²) in [5.74, 6) is -0.856. The van der Waals surface area contributed by atoms with Gasteiger partial charge >= 0.3 is 5.97 Å². The van der Waals surface area contributed by atoms with Crippen LogP contribution in [0.2, 0.25) is 0 Å². The standard InChI is InChI=1S/C16H22N2O5S/c1-24(21,22)17-14-8-6-7-13(11-14)16(20)23-12-15(19)18-9-4-2-3-5-10-18/h6-8,11,17H,2-5,9-10,12H2,1H3. The SMILES string of the molecule is CS(=O)(=O)Nc1cccc(C(=O)OCC(=O)N2CCCCCC2)c1. The second-order valence-corrected chi connectivity index (χ2v) is 7.57. The molecule has 1 saturated heterocycles. The summed E-state index contributed by atoms with van der Waals surface area (Å²) in [4.78, 5) is 25.9. The number of benzene rings is 1. The van der Waals surface area contributed by atoms with Gasteiger partial charge in [-0.3, -0.25) is 9.52 Å². The van der Waals surface area contributed by atoms with Crippen molar-refractivity contribution in [1.29, 1.82) is 0 Å². The van der Waals surface area contributed by atoms with E-state index in [9.17, 15) is 18.0 Å². The predicted molar refractivity (Wildman–Crippen MR) is 90.2 cm³/mol. The molecule has 0 bridgehead atoms. The Morgan fingerprint density at radius 1 is 1.17 bits per heavy atom. The molecule has 24 heavy (non-hydrogen) atoms. The van der Waals surface area contributed by atoms with Gasteiger partial charge in [0, 0.05) is 18.8 Å². The number of carbonyl (C=O) groups is 2. The van der Waals surface area contributed by atoms with Crippen LogP contribution < -0.4 is 4.72 Å². The zero-order valence-corrected chi connectivity index (χ0v) is 14.5. The number of likely N-dealkylation sites (tertiary alicyclic amines) is 1. The van der Waals surface area contributed by atoms with E-state index in [0.717, 1.165) is 31.9 Å². The number of amides is 1. The average Bonchev–Trinajstić information content (AvgIpc) is 2.80. The molecular formula is C16H22N2O5S. The minimum Gasteiger partial charge on any atom is -0.452 e. The van der Waals surface area contributed by atoms with Crippen molar-refractivity contribution in [1.82, 2.24) is 4.90 Å². The van der Waals surface area contributed by atoms with Crippen molar-refractivity contribution in [2.24, 2.45) is 0 Å². The third-order valence-electron chi connectivity index (χ3n) is 3.69. The molecule has 1 aromatic rings. The molecule has 0 aromatic heterocycles. The quantitative estimate of drug-likeness (QED) is 0.811. The van der Waals surface area contributed by atoms with Crippen LogP contribution in [0.15, 0.2) is 24.3 Å².